The summed E-state index contributed by atoms with van der Waals surface area (Å²) in [7, 11) is 0. The number of ether oxygens (including phenoxy) is 1. The van der Waals surface area contributed by atoms with Crippen LogP contribution in [-0.4, -0.2) is 42.1 Å². The number of nitrogens with zero attached hydrogens (tertiary/aromatic N) is 2. The summed E-state index contributed by atoms with van der Waals surface area (Å²) in [5.41, 5.74) is 8.36. The molecule has 1 aromatic carbocycles. The number of thioether (sulfide) groups is 1. The lowest BCUT2D eigenvalue weighted by Gasteiger charge is -2.27. The molecule has 110 valence electrons. The third kappa shape index (κ3) is 4.07. The summed E-state index contributed by atoms with van der Waals surface area (Å²) in [6, 6.07) is 6.21. The lowest BCUT2D eigenvalue weighted by molar-refractivity contribution is 0.336. The van der Waals surface area contributed by atoms with Crippen molar-refractivity contribution < 1.29 is 4.74 Å². The molecular formula is C15H23N3OS. The predicted octanol–water partition coefficient (Wildman–Crippen LogP) is 2.26. The van der Waals surface area contributed by atoms with E-state index in [0.29, 0.717) is 19.1 Å². The SMILES string of the molecule is CCOc1cc(C)ccc1CN=C(N)N1CCSCC1. The summed E-state index contributed by atoms with van der Waals surface area (Å²) < 4.78 is 5.67. The van der Waals surface area contributed by atoms with Crippen LogP contribution in [0.2, 0.25) is 0 Å². The van der Waals surface area contributed by atoms with Crippen molar-refractivity contribution in [1.82, 2.24) is 4.90 Å². The standard InChI is InChI=1S/C15H23N3OS/c1-3-19-14-10-12(2)4-5-13(14)11-17-15(16)18-6-8-20-9-7-18/h4-5,10H,3,6-9,11H2,1-2H3,(H2,16,17). The van der Waals surface area contributed by atoms with Crippen LogP contribution in [0.15, 0.2) is 23.2 Å². The maximum Gasteiger partial charge on any atom is 0.191 e. The van der Waals surface area contributed by atoms with Crippen molar-refractivity contribution in [2.45, 2.75) is 20.4 Å². The van der Waals surface area contributed by atoms with Gasteiger partial charge in [0.2, 0.25) is 0 Å². The highest BCUT2D eigenvalue weighted by atomic mass is 32.2. The van der Waals surface area contributed by atoms with Crippen LogP contribution in [0.4, 0.5) is 0 Å². The fourth-order valence-corrected chi connectivity index (χ4v) is 3.04. The van der Waals surface area contributed by atoms with Crippen molar-refractivity contribution in [2.24, 2.45) is 10.7 Å². The number of nitrogens with two attached hydrogens (primary N) is 1. The van der Waals surface area contributed by atoms with E-state index in [2.05, 4.69) is 35.0 Å². The van der Waals surface area contributed by atoms with E-state index >= 15 is 0 Å². The van der Waals surface area contributed by atoms with Crippen LogP contribution in [0.25, 0.3) is 0 Å². The minimum absolute atomic E-state index is 0.574. The van der Waals surface area contributed by atoms with Gasteiger partial charge in [0.25, 0.3) is 0 Å². The predicted molar refractivity (Wildman–Crippen MR) is 86.6 cm³/mol. The third-order valence-corrected chi connectivity index (χ3v) is 4.21. The molecule has 1 aliphatic rings. The number of guanidine groups is 1. The molecule has 0 atom stereocenters. The smallest absolute Gasteiger partial charge is 0.191 e. The fraction of sp³-hybridized carbons (Fsp3) is 0.533. The van der Waals surface area contributed by atoms with Gasteiger partial charge in [0.1, 0.15) is 5.75 Å². The lowest BCUT2D eigenvalue weighted by atomic mass is 10.1. The molecule has 0 radical (unpaired) electrons. The largest absolute Gasteiger partial charge is 0.494 e. The zero-order chi connectivity index (χ0) is 14.4. The second-order valence-electron chi connectivity index (χ2n) is 4.82. The van der Waals surface area contributed by atoms with E-state index in [9.17, 15) is 0 Å². The minimum atomic E-state index is 0.574. The van der Waals surface area contributed by atoms with Crippen molar-refractivity contribution in [3.8, 4) is 5.75 Å². The first kappa shape index (κ1) is 15.0. The lowest BCUT2D eigenvalue weighted by Crippen LogP contribution is -2.42. The van der Waals surface area contributed by atoms with Crippen LogP contribution < -0.4 is 10.5 Å². The monoisotopic (exact) mass is 293 g/mol. The Labute approximate surface area is 125 Å². The maximum atomic E-state index is 6.08. The summed E-state index contributed by atoms with van der Waals surface area (Å²) in [4.78, 5) is 6.68. The summed E-state index contributed by atoms with van der Waals surface area (Å²) in [5.74, 6) is 3.82. The molecule has 0 aliphatic carbocycles. The number of aryl methyl sites for hydroxylation is 1. The Balaban J connectivity index is 2.05. The molecule has 2 rings (SSSR count). The second kappa shape index (κ2) is 7.43. The normalized spacial score (nSPS) is 16.3. The molecule has 5 heteroatoms. The first-order valence-electron chi connectivity index (χ1n) is 7.05. The molecule has 2 N–H and O–H groups in total. The van der Waals surface area contributed by atoms with Crippen LogP contribution in [0, 0.1) is 6.92 Å². The van der Waals surface area contributed by atoms with Gasteiger partial charge in [0.05, 0.1) is 13.2 Å². The molecule has 0 bridgehead atoms. The molecule has 0 unspecified atom stereocenters. The Kier molecular flexibility index (Phi) is 5.59. The Hall–Kier alpha value is -1.36. The van der Waals surface area contributed by atoms with Gasteiger partial charge in [0.15, 0.2) is 5.96 Å². The third-order valence-electron chi connectivity index (χ3n) is 3.27. The van der Waals surface area contributed by atoms with Crippen LogP contribution >= 0.6 is 11.8 Å². The molecule has 1 saturated heterocycles. The van der Waals surface area contributed by atoms with Crippen LogP contribution in [0.5, 0.6) is 5.75 Å². The maximum absolute atomic E-state index is 6.08. The highest BCUT2D eigenvalue weighted by molar-refractivity contribution is 7.99. The molecule has 1 aliphatic heterocycles. The van der Waals surface area contributed by atoms with Crippen molar-refractivity contribution in [3.05, 3.63) is 29.3 Å². The fourth-order valence-electron chi connectivity index (χ4n) is 2.14. The number of aliphatic imine (C=N–C) groups is 1. The zero-order valence-electron chi connectivity index (χ0n) is 12.3. The topological polar surface area (TPSA) is 50.9 Å². The molecule has 0 saturated carbocycles. The second-order valence-corrected chi connectivity index (χ2v) is 6.04. The first-order chi connectivity index (χ1) is 9.70. The Morgan fingerprint density at radius 1 is 1.40 bits per heavy atom. The Morgan fingerprint density at radius 3 is 2.85 bits per heavy atom. The van der Waals surface area contributed by atoms with Crippen molar-refractivity contribution in [3.63, 3.8) is 0 Å². The highest BCUT2D eigenvalue weighted by Crippen LogP contribution is 2.21. The number of hydrogen-bond donors (Lipinski definition) is 1. The Bertz CT molecular complexity index is 470. The summed E-state index contributed by atoms with van der Waals surface area (Å²) in [6.07, 6.45) is 0. The van der Waals surface area contributed by atoms with E-state index in [-0.39, 0.29) is 0 Å². The molecular weight excluding hydrogens is 270 g/mol. The van der Waals surface area contributed by atoms with Gasteiger partial charge in [-0.15, -0.1) is 0 Å². The van der Waals surface area contributed by atoms with Crippen LogP contribution in [-0.2, 0) is 6.54 Å². The van der Waals surface area contributed by atoms with Gasteiger partial charge in [-0.1, -0.05) is 12.1 Å². The molecule has 1 heterocycles. The van der Waals surface area contributed by atoms with Crippen molar-refractivity contribution in [2.75, 3.05) is 31.2 Å². The molecule has 1 aromatic rings. The summed E-state index contributed by atoms with van der Waals surface area (Å²) in [5, 5.41) is 0. The van der Waals surface area contributed by atoms with E-state index in [0.717, 1.165) is 35.9 Å². The van der Waals surface area contributed by atoms with Gasteiger partial charge in [-0.25, -0.2) is 4.99 Å². The van der Waals surface area contributed by atoms with E-state index in [1.165, 1.54) is 5.56 Å². The van der Waals surface area contributed by atoms with Gasteiger partial charge < -0.3 is 15.4 Å². The van der Waals surface area contributed by atoms with Gasteiger partial charge >= 0.3 is 0 Å². The van der Waals surface area contributed by atoms with Crippen molar-refractivity contribution >= 4 is 17.7 Å². The quantitative estimate of drug-likeness (QED) is 0.683. The highest BCUT2D eigenvalue weighted by Gasteiger charge is 2.12. The van der Waals surface area contributed by atoms with Crippen molar-refractivity contribution in [1.29, 1.82) is 0 Å². The van der Waals surface area contributed by atoms with E-state index in [1.54, 1.807) is 0 Å². The van der Waals surface area contributed by atoms with Gasteiger partial charge in [-0.05, 0) is 25.5 Å². The van der Waals surface area contributed by atoms with Gasteiger partial charge in [-0.3, -0.25) is 0 Å². The van der Waals surface area contributed by atoms with Gasteiger partial charge in [-0.2, -0.15) is 11.8 Å². The van der Waals surface area contributed by atoms with Crippen LogP contribution in [0.1, 0.15) is 18.1 Å². The zero-order valence-corrected chi connectivity index (χ0v) is 13.1. The Morgan fingerprint density at radius 2 is 2.15 bits per heavy atom. The van der Waals surface area contributed by atoms with Crippen LogP contribution in [0.3, 0.4) is 0 Å². The minimum Gasteiger partial charge on any atom is -0.494 e. The molecule has 1 fully saturated rings. The molecule has 0 amide bonds. The number of rotatable bonds is 4. The van der Waals surface area contributed by atoms with E-state index < -0.39 is 0 Å². The molecule has 0 spiro atoms. The first-order valence-corrected chi connectivity index (χ1v) is 8.21. The average molecular weight is 293 g/mol. The average Bonchev–Trinajstić information content (AvgIpc) is 2.47. The molecule has 20 heavy (non-hydrogen) atoms. The van der Waals surface area contributed by atoms with Gasteiger partial charge in [0, 0.05) is 30.2 Å². The van der Waals surface area contributed by atoms with E-state index in [1.807, 2.05) is 18.7 Å². The molecule has 0 aromatic heterocycles. The van der Waals surface area contributed by atoms with E-state index in [4.69, 9.17) is 10.5 Å². The summed E-state index contributed by atoms with van der Waals surface area (Å²) >= 11 is 1.97. The number of benzene rings is 1. The molecule has 4 nitrogen and oxygen atoms in total. The summed E-state index contributed by atoms with van der Waals surface area (Å²) in [6.45, 7) is 7.28. The number of hydrogen-bond acceptors (Lipinski definition) is 3.